The number of hydrogen-bond donors (Lipinski definition) is 1. The quantitative estimate of drug-likeness (QED) is 0.708. The summed E-state index contributed by atoms with van der Waals surface area (Å²) < 4.78 is 11.8. The number of carbonyl (C=O) groups is 1. The summed E-state index contributed by atoms with van der Waals surface area (Å²) in [6, 6.07) is 0. The maximum atomic E-state index is 11.7. The summed E-state index contributed by atoms with van der Waals surface area (Å²) in [6.45, 7) is 5.40. The monoisotopic (exact) mass is 252 g/mol. The van der Waals surface area contributed by atoms with Gasteiger partial charge in [-0.15, -0.1) is 0 Å². The molecule has 3 rings (SSSR count). The Morgan fingerprint density at radius 1 is 1.39 bits per heavy atom. The second kappa shape index (κ2) is 3.89. The first-order valence-corrected chi connectivity index (χ1v) is 6.70. The van der Waals surface area contributed by atoms with E-state index in [1.54, 1.807) is 6.08 Å². The van der Waals surface area contributed by atoms with Gasteiger partial charge in [-0.2, -0.15) is 0 Å². The van der Waals surface area contributed by atoms with Gasteiger partial charge in [0.2, 0.25) is 0 Å². The van der Waals surface area contributed by atoms with Gasteiger partial charge in [0.25, 0.3) is 0 Å². The van der Waals surface area contributed by atoms with Crippen LogP contribution >= 0.6 is 0 Å². The van der Waals surface area contributed by atoms with Gasteiger partial charge in [0.15, 0.2) is 11.6 Å². The highest BCUT2D eigenvalue weighted by atomic mass is 16.7. The lowest BCUT2D eigenvalue weighted by Gasteiger charge is -2.53. The predicted molar refractivity (Wildman–Crippen MR) is 64.9 cm³/mol. The van der Waals surface area contributed by atoms with Gasteiger partial charge < -0.3 is 14.6 Å². The second-order valence-corrected chi connectivity index (χ2v) is 5.94. The summed E-state index contributed by atoms with van der Waals surface area (Å²) in [4.78, 5) is 11.7. The van der Waals surface area contributed by atoms with Gasteiger partial charge in [0.1, 0.15) is 6.10 Å². The number of fused-ring (bicyclic) bond motifs is 2. The summed E-state index contributed by atoms with van der Waals surface area (Å²) in [7, 11) is 0. The Kier molecular flexibility index (Phi) is 2.66. The first kappa shape index (κ1) is 12.3. The molecule has 0 bridgehead atoms. The fourth-order valence-corrected chi connectivity index (χ4v) is 3.83. The number of rotatable bonds is 0. The highest BCUT2D eigenvalue weighted by molar-refractivity contribution is 5.95. The Morgan fingerprint density at radius 2 is 2.06 bits per heavy atom. The highest BCUT2D eigenvalue weighted by Crippen LogP contribution is 2.57. The molecule has 4 nitrogen and oxygen atoms in total. The molecular formula is C14H20O4. The molecule has 0 amide bonds. The van der Waals surface area contributed by atoms with Crippen LogP contribution in [0.5, 0.6) is 0 Å². The van der Waals surface area contributed by atoms with Crippen molar-refractivity contribution in [1.29, 1.82) is 0 Å². The first-order chi connectivity index (χ1) is 8.48. The molecule has 1 spiro atoms. The lowest BCUT2D eigenvalue weighted by atomic mass is 9.58. The zero-order valence-electron chi connectivity index (χ0n) is 10.9. The van der Waals surface area contributed by atoms with Crippen molar-refractivity contribution in [1.82, 2.24) is 0 Å². The molecule has 2 aliphatic carbocycles. The van der Waals surface area contributed by atoms with Crippen molar-refractivity contribution in [3.63, 3.8) is 0 Å². The van der Waals surface area contributed by atoms with E-state index in [1.165, 1.54) is 0 Å². The minimum absolute atomic E-state index is 0.177. The third-order valence-corrected chi connectivity index (χ3v) is 4.90. The molecule has 1 saturated heterocycles. The highest BCUT2D eigenvalue weighted by Gasteiger charge is 2.60. The van der Waals surface area contributed by atoms with E-state index >= 15 is 0 Å². The average molecular weight is 252 g/mol. The third-order valence-electron chi connectivity index (χ3n) is 4.90. The number of hydrogen-bond acceptors (Lipinski definition) is 4. The molecule has 2 fully saturated rings. The molecule has 0 radical (unpaired) electrons. The van der Waals surface area contributed by atoms with E-state index in [0.717, 1.165) is 18.4 Å². The van der Waals surface area contributed by atoms with Gasteiger partial charge in [0.05, 0.1) is 13.2 Å². The first-order valence-electron chi connectivity index (χ1n) is 6.70. The zero-order valence-corrected chi connectivity index (χ0v) is 10.9. The molecule has 1 heterocycles. The minimum Gasteiger partial charge on any atom is -0.385 e. The van der Waals surface area contributed by atoms with Crippen LogP contribution in [0.2, 0.25) is 0 Å². The minimum atomic E-state index is -0.922. The number of aliphatic hydroxyl groups excluding tert-OH is 1. The summed E-state index contributed by atoms with van der Waals surface area (Å²) in [5, 5.41) is 9.91. The summed E-state index contributed by atoms with van der Waals surface area (Å²) in [5.74, 6) is -0.457. The van der Waals surface area contributed by atoms with E-state index in [1.807, 2.05) is 0 Å². The summed E-state index contributed by atoms with van der Waals surface area (Å²) in [5.41, 5.74) is 0.708. The van der Waals surface area contributed by atoms with Crippen LogP contribution in [0.4, 0.5) is 0 Å². The van der Waals surface area contributed by atoms with Crippen molar-refractivity contribution in [3.8, 4) is 0 Å². The van der Waals surface area contributed by atoms with Gasteiger partial charge in [-0.3, -0.25) is 4.79 Å². The van der Waals surface area contributed by atoms with Crippen LogP contribution in [0.1, 0.15) is 33.1 Å². The molecule has 0 aromatic carbocycles. The van der Waals surface area contributed by atoms with Crippen LogP contribution in [0.3, 0.4) is 0 Å². The van der Waals surface area contributed by atoms with E-state index in [4.69, 9.17) is 9.47 Å². The summed E-state index contributed by atoms with van der Waals surface area (Å²) >= 11 is 0. The topological polar surface area (TPSA) is 55.8 Å². The van der Waals surface area contributed by atoms with Crippen molar-refractivity contribution in [3.05, 3.63) is 11.6 Å². The summed E-state index contributed by atoms with van der Waals surface area (Å²) in [6.07, 6.45) is 2.91. The molecule has 0 aromatic rings. The maximum absolute atomic E-state index is 11.7. The smallest absolute Gasteiger partial charge is 0.184 e. The van der Waals surface area contributed by atoms with E-state index in [9.17, 15) is 9.90 Å². The van der Waals surface area contributed by atoms with E-state index in [2.05, 4.69) is 13.8 Å². The van der Waals surface area contributed by atoms with Crippen LogP contribution in [-0.2, 0) is 14.3 Å². The number of ketones is 1. The Balaban J connectivity index is 2.08. The van der Waals surface area contributed by atoms with Gasteiger partial charge in [-0.1, -0.05) is 19.4 Å². The maximum Gasteiger partial charge on any atom is 0.184 e. The van der Waals surface area contributed by atoms with E-state index in [0.29, 0.717) is 25.6 Å². The lowest BCUT2D eigenvalue weighted by molar-refractivity contribution is -0.245. The van der Waals surface area contributed by atoms with E-state index < -0.39 is 11.9 Å². The predicted octanol–water partition coefficient (Wildman–Crippen LogP) is 1.43. The molecule has 3 atom stereocenters. The normalized spacial score (nSPS) is 42.8. The molecule has 4 heteroatoms. The average Bonchev–Trinajstić information content (AvgIpc) is 2.79. The zero-order chi connectivity index (χ0) is 13.0. The van der Waals surface area contributed by atoms with Crippen molar-refractivity contribution in [2.75, 3.05) is 13.2 Å². The molecule has 1 saturated carbocycles. The SMILES string of the molecule is C[C@H]1CCC2(OCCO2)[C@]2(C)C[C@@H](O)C(=O)C=C12. The molecule has 0 unspecified atom stereocenters. The lowest BCUT2D eigenvalue weighted by Crippen LogP contribution is -2.56. The van der Waals surface area contributed by atoms with E-state index in [-0.39, 0.29) is 11.2 Å². The number of ether oxygens (including phenoxy) is 2. The standard InChI is InChI=1S/C14H20O4/c1-9-3-4-14(17-5-6-18-14)13(2)8-12(16)11(15)7-10(9)13/h7,9,12,16H,3-6,8H2,1-2H3/t9-,12+,13+/m0/s1. The fraction of sp³-hybridized carbons (Fsp3) is 0.786. The molecule has 0 aromatic heterocycles. The van der Waals surface area contributed by atoms with Gasteiger partial charge in [-0.05, 0) is 24.8 Å². The molecule has 100 valence electrons. The Morgan fingerprint density at radius 3 is 2.72 bits per heavy atom. The fourth-order valence-electron chi connectivity index (χ4n) is 3.83. The molecule has 1 aliphatic heterocycles. The second-order valence-electron chi connectivity index (χ2n) is 5.94. The van der Waals surface area contributed by atoms with Gasteiger partial charge in [0, 0.05) is 11.8 Å². The molecular weight excluding hydrogens is 232 g/mol. The molecule has 1 N–H and O–H groups in total. The van der Waals surface area contributed by atoms with Crippen molar-refractivity contribution in [2.24, 2.45) is 11.3 Å². The van der Waals surface area contributed by atoms with Crippen LogP contribution in [0, 0.1) is 11.3 Å². The molecule has 18 heavy (non-hydrogen) atoms. The molecule has 3 aliphatic rings. The number of aliphatic hydroxyl groups is 1. The van der Waals surface area contributed by atoms with Crippen LogP contribution in [0.15, 0.2) is 11.6 Å². The van der Waals surface area contributed by atoms with Crippen molar-refractivity contribution < 1.29 is 19.4 Å². The van der Waals surface area contributed by atoms with Crippen LogP contribution in [0.25, 0.3) is 0 Å². The van der Waals surface area contributed by atoms with Crippen LogP contribution < -0.4 is 0 Å². The Bertz CT molecular complexity index is 408. The van der Waals surface area contributed by atoms with Crippen molar-refractivity contribution in [2.45, 2.75) is 45.0 Å². The van der Waals surface area contributed by atoms with Crippen molar-refractivity contribution >= 4 is 5.78 Å². The van der Waals surface area contributed by atoms with Crippen LogP contribution in [-0.4, -0.2) is 36.0 Å². The van der Waals surface area contributed by atoms with Gasteiger partial charge in [-0.25, -0.2) is 0 Å². The number of carbonyl (C=O) groups excluding carboxylic acids is 1. The third kappa shape index (κ3) is 1.46. The van der Waals surface area contributed by atoms with Gasteiger partial charge >= 0.3 is 0 Å². The Labute approximate surface area is 107 Å². The Hall–Kier alpha value is -0.710. The largest absolute Gasteiger partial charge is 0.385 e.